The highest BCUT2D eigenvalue weighted by Crippen LogP contribution is 2.42. The Kier molecular flexibility index (Phi) is 4.22. The molecule has 2 heterocycles. The van der Waals surface area contributed by atoms with E-state index in [9.17, 15) is 9.59 Å². The van der Waals surface area contributed by atoms with Crippen molar-refractivity contribution in [3.05, 3.63) is 20.9 Å². The summed E-state index contributed by atoms with van der Waals surface area (Å²) in [6, 6.07) is 0. The number of rotatable bonds is 5. The molecule has 0 radical (unpaired) electrons. The summed E-state index contributed by atoms with van der Waals surface area (Å²) in [5.74, 6) is -0.453. The lowest BCUT2D eigenvalue weighted by Crippen LogP contribution is -2.37. The molecule has 1 aliphatic heterocycles. The molecule has 6 heteroatoms. The van der Waals surface area contributed by atoms with Crippen LogP contribution in [0.4, 0.5) is 0 Å². The fourth-order valence-corrected chi connectivity index (χ4v) is 4.96. The number of ether oxygens (including phenoxy) is 3. The van der Waals surface area contributed by atoms with Crippen molar-refractivity contribution in [3.63, 3.8) is 0 Å². The van der Waals surface area contributed by atoms with Crippen molar-refractivity contribution in [1.29, 1.82) is 0 Å². The lowest BCUT2D eigenvalue weighted by molar-refractivity contribution is -0.163. The molecule has 1 saturated heterocycles. The van der Waals surface area contributed by atoms with Gasteiger partial charge in [-0.05, 0) is 31.7 Å². The molecule has 0 aromatic carbocycles. The van der Waals surface area contributed by atoms with Crippen LogP contribution in [0.1, 0.15) is 51.9 Å². The molecule has 130 valence electrons. The lowest BCUT2D eigenvalue weighted by atomic mass is 9.89. The number of thiophene rings is 1. The van der Waals surface area contributed by atoms with Crippen LogP contribution in [0.3, 0.4) is 0 Å². The molecule has 1 saturated carbocycles. The summed E-state index contributed by atoms with van der Waals surface area (Å²) in [5, 5.41) is 0. The number of hydrogen-bond acceptors (Lipinski definition) is 6. The fraction of sp³-hybridized carbons (Fsp3) is 0.667. The van der Waals surface area contributed by atoms with Crippen LogP contribution >= 0.6 is 11.3 Å². The second-order valence-corrected chi connectivity index (χ2v) is 7.91. The molecule has 0 unspecified atom stereocenters. The summed E-state index contributed by atoms with van der Waals surface area (Å²) >= 11 is 1.60. The first-order valence-corrected chi connectivity index (χ1v) is 9.54. The van der Waals surface area contributed by atoms with Gasteiger partial charge in [-0.1, -0.05) is 0 Å². The standard InChI is InChI=1S/C18H22O5S/c1-2-21-17(20)16-12-10-18(22-7-8-23-18)6-5-14(12)24-15(16)9-13(19)11-3-4-11/h11H,2-10H2,1H3. The van der Waals surface area contributed by atoms with Gasteiger partial charge in [0, 0.05) is 34.9 Å². The van der Waals surface area contributed by atoms with E-state index >= 15 is 0 Å². The number of carbonyl (C=O) groups excluding carboxylic acids is 2. The monoisotopic (exact) mass is 350 g/mol. The van der Waals surface area contributed by atoms with Gasteiger partial charge >= 0.3 is 5.97 Å². The molecule has 0 bridgehead atoms. The lowest BCUT2D eigenvalue weighted by Gasteiger charge is -2.31. The van der Waals surface area contributed by atoms with Crippen LogP contribution in [0.25, 0.3) is 0 Å². The molecule has 3 aliphatic rings. The van der Waals surface area contributed by atoms with E-state index in [4.69, 9.17) is 14.2 Å². The topological polar surface area (TPSA) is 61.8 Å². The smallest absolute Gasteiger partial charge is 0.339 e. The van der Waals surface area contributed by atoms with Gasteiger partial charge in [0.25, 0.3) is 0 Å². The summed E-state index contributed by atoms with van der Waals surface area (Å²) in [6.45, 7) is 3.33. The maximum atomic E-state index is 12.6. The van der Waals surface area contributed by atoms with Crippen LogP contribution in [-0.2, 0) is 38.3 Å². The molecule has 5 nitrogen and oxygen atoms in total. The third-order valence-corrected chi connectivity index (χ3v) is 6.30. The Labute approximate surface area is 145 Å². The maximum Gasteiger partial charge on any atom is 0.339 e. The fourth-order valence-electron chi connectivity index (χ4n) is 3.64. The van der Waals surface area contributed by atoms with Crippen molar-refractivity contribution >= 4 is 23.1 Å². The molecule has 0 atom stereocenters. The van der Waals surface area contributed by atoms with Gasteiger partial charge in [-0.2, -0.15) is 0 Å². The van der Waals surface area contributed by atoms with Gasteiger partial charge in [0.2, 0.25) is 0 Å². The number of ketones is 1. The SMILES string of the molecule is CCOC(=O)c1c(CC(=O)C2CC2)sc2c1CC1(CC2)OCCO1. The van der Waals surface area contributed by atoms with Gasteiger partial charge in [-0.25, -0.2) is 4.79 Å². The summed E-state index contributed by atoms with van der Waals surface area (Å²) in [4.78, 5) is 26.9. The number of aryl methyl sites for hydroxylation is 1. The normalized spacial score (nSPS) is 21.7. The van der Waals surface area contributed by atoms with Gasteiger partial charge in [0.1, 0.15) is 5.78 Å². The van der Waals surface area contributed by atoms with Crippen molar-refractivity contribution in [2.24, 2.45) is 5.92 Å². The highest BCUT2D eigenvalue weighted by Gasteiger charge is 2.43. The minimum atomic E-state index is -0.590. The average molecular weight is 350 g/mol. The number of Topliss-reactive ketones (excluding diaryl/α,β-unsaturated/α-hetero) is 1. The number of carbonyl (C=O) groups is 2. The first-order chi connectivity index (χ1) is 11.6. The maximum absolute atomic E-state index is 12.6. The van der Waals surface area contributed by atoms with Gasteiger partial charge in [-0.15, -0.1) is 11.3 Å². The second-order valence-electron chi connectivity index (χ2n) is 6.72. The minimum absolute atomic E-state index is 0.201. The molecule has 1 aromatic rings. The first kappa shape index (κ1) is 16.2. The number of fused-ring (bicyclic) bond motifs is 1. The van der Waals surface area contributed by atoms with E-state index in [0.717, 1.165) is 36.1 Å². The van der Waals surface area contributed by atoms with Crippen molar-refractivity contribution < 1.29 is 23.8 Å². The van der Waals surface area contributed by atoms with Crippen molar-refractivity contribution in [2.75, 3.05) is 19.8 Å². The van der Waals surface area contributed by atoms with E-state index in [-0.39, 0.29) is 17.7 Å². The molecule has 4 rings (SSSR count). The van der Waals surface area contributed by atoms with Gasteiger partial charge in [-0.3, -0.25) is 4.79 Å². The molecule has 2 aliphatic carbocycles. The van der Waals surface area contributed by atoms with E-state index in [1.54, 1.807) is 18.3 Å². The molecule has 1 spiro atoms. The number of hydrogen-bond donors (Lipinski definition) is 0. The molecular weight excluding hydrogens is 328 g/mol. The second kappa shape index (κ2) is 6.24. The number of esters is 1. The Balaban J connectivity index is 1.68. The Morgan fingerprint density at radius 3 is 2.71 bits per heavy atom. The molecule has 2 fully saturated rings. The van der Waals surface area contributed by atoms with Crippen molar-refractivity contribution in [3.8, 4) is 0 Å². The van der Waals surface area contributed by atoms with Gasteiger partial charge < -0.3 is 14.2 Å². The first-order valence-electron chi connectivity index (χ1n) is 8.73. The van der Waals surface area contributed by atoms with E-state index in [1.165, 1.54) is 4.88 Å². The van der Waals surface area contributed by atoms with Crippen LogP contribution in [0, 0.1) is 5.92 Å². The van der Waals surface area contributed by atoms with Gasteiger partial charge in [0.15, 0.2) is 5.79 Å². The van der Waals surface area contributed by atoms with E-state index < -0.39 is 5.79 Å². The van der Waals surface area contributed by atoms with Crippen molar-refractivity contribution in [1.82, 2.24) is 0 Å². The molecule has 0 N–H and O–H groups in total. The summed E-state index contributed by atoms with van der Waals surface area (Å²) < 4.78 is 16.9. The highest BCUT2D eigenvalue weighted by molar-refractivity contribution is 7.12. The van der Waals surface area contributed by atoms with Crippen LogP contribution in [0.5, 0.6) is 0 Å². The highest BCUT2D eigenvalue weighted by atomic mass is 32.1. The predicted octanol–water partition coefficient (Wildman–Crippen LogP) is 2.68. The average Bonchev–Trinajstić information content (AvgIpc) is 3.23. The van der Waals surface area contributed by atoms with E-state index in [1.807, 2.05) is 0 Å². The molecule has 1 aromatic heterocycles. The third-order valence-electron chi connectivity index (χ3n) is 5.00. The zero-order valence-corrected chi connectivity index (χ0v) is 14.7. The van der Waals surface area contributed by atoms with E-state index in [2.05, 4.69) is 0 Å². The predicted molar refractivity (Wildman–Crippen MR) is 88.4 cm³/mol. The zero-order chi connectivity index (χ0) is 16.7. The largest absolute Gasteiger partial charge is 0.462 e. The molecular formula is C18H22O5S. The van der Waals surface area contributed by atoms with Crippen LogP contribution in [0.15, 0.2) is 0 Å². The Morgan fingerprint density at radius 2 is 2.04 bits per heavy atom. The Hall–Kier alpha value is -1.24. The van der Waals surface area contributed by atoms with Crippen LogP contribution in [-0.4, -0.2) is 37.4 Å². The van der Waals surface area contributed by atoms with Crippen LogP contribution < -0.4 is 0 Å². The summed E-state index contributed by atoms with van der Waals surface area (Å²) in [7, 11) is 0. The summed E-state index contributed by atoms with van der Waals surface area (Å²) in [6.07, 6.45) is 4.53. The van der Waals surface area contributed by atoms with Gasteiger partial charge in [0.05, 0.1) is 25.4 Å². The van der Waals surface area contributed by atoms with E-state index in [0.29, 0.717) is 38.2 Å². The molecule has 24 heavy (non-hydrogen) atoms. The molecule has 0 amide bonds. The Bertz CT molecular complexity index is 667. The Morgan fingerprint density at radius 1 is 1.29 bits per heavy atom. The third kappa shape index (κ3) is 2.91. The zero-order valence-electron chi connectivity index (χ0n) is 13.9. The quantitative estimate of drug-likeness (QED) is 0.764. The summed E-state index contributed by atoms with van der Waals surface area (Å²) in [5.41, 5.74) is 1.58. The van der Waals surface area contributed by atoms with Crippen LogP contribution in [0.2, 0.25) is 0 Å². The minimum Gasteiger partial charge on any atom is -0.462 e. The van der Waals surface area contributed by atoms with Crippen molar-refractivity contribution in [2.45, 2.75) is 51.2 Å².